The van der Waals surface area contributed by atoms with Gasteiger partial charge in [0.05, 0.1) is 24.6 Å². The molecule has 0 saturated carbocycles. The van der Waals surface area contributed by atoms with Crippen LogP contribution in [0.3, 0.4) is 0 Å². The summed E-state index contributed by atoms with van der Waals surface area (Å²) < 4.78 is 1.05. The lowest BCUT2D eigenvalue weighted by molar-refractivity contribution is 0.0945. The quantitative estimate of drug-likeness (QED) is 0.687. The van der Waals surface area contributed by atoms with E-state index in [9.17, 15) is 4.79 Å². The molecule has 0 radical (unpaired) electrons. The first kappa shape index (κ1) is 17.0. The normalized spacial score (nSPS) is 10.3. The molecule has 0 unspecified atom stereocenters. The van der Waals surface area contributed by atoms with Gasteiger partial charge in [-0.2, -0.15) is 0 Å². The molecule has 2 heterocycles. The monoisotopic (exact) mass is 397 g/mol. The number of pyridine rings is 1. The average Bonchev–Trinajstić information content (AvgIpc) is 2.64. The molecule has 0 atom stereocenters. The number of hydrogen-bond acceptors (Lipinski definition) is 5. The summed E-state index contributed by atoms with van der Waals surface area (Å²) in [6.07, 6.45) is 4.67. The standard InChI is InChI=1S/C18H16BrN5O/c1-12-8-13(5-6-15(12)19)24-17-11-21-16(10-22-17)18(25)23-9-14-4-2-3-7-20-14/h2-8,10-11H,9H2,1H3,(H,22,24)(H,23,25). The highest BCUT2D eigenvalue weighted by molar-refractivity contribution is 9.10. The molecule has 0 aliphatic heterocycles. The van der Waals surface area contributed by atoms with Gasteiger partial charge in [-0.15, -0.1) is 0 Å². The van der Waals surface area contributed by atoms with Gasteiger partial charge in [0, 0.05) is 16.4 Å². The highest BCUT2D eigenvalue weighted by Crippen LogP contribution is 2.22. The molecular weight excluding hydrogens is 382 g/mol. The summed E-state index contributed by atoms with van der Waals surface area (Å²) in [6.45, 7) is 2.36. The zero-order valence-electron chi connectivity index (χ0n) is 13.5. The Balaban J connectivity index is 1.61. The Labute approximate surface area is 153 Å². The second-order valence-electron chi connectivity index (χ2n) is 5.38. The number of aryl methyl sites for hydroxylation is 1. The maximum absolute atomic E-state index is 12.1. The number of halogens is 1. The average molecular weight is 398 g/mol. The van der Waals surface area contributed by atoms with Crippen molar-refractivity contribution in [2.75, 3.05) is 5.32 Å². The van der Waals surface area contributed by atoms with E-state index in [1.807, 2.05) is 43.3 Å². The summed E-state index contributed by atoms with van der Waals surface area (Å²) in [7, 11) is 0. The molecule has 0 saturated heterocycles. The number of amides is 1. The van der Waals surface area contributed by atoms with Crippen LogP contribution in [-0.4, -0.2) is 20.9 Å². The number of nitrogens with zero attached hydrogens (tertiary/aromatic N) is 3. The summed E-state index contributed by atoms with van der Waals surface area (Å²) in [5.41, 5.74) is 3.06. The third kappa shape index (κ3) is 4.60. The lowest BCUT2D eigenvalue weighted by Crippen LogP contribution is -2.24. The Bertz CT molecular complexity index is 868. The van der Waals surface area contributed by atoms with Crippen LogP contribution in [0.15, 0.2) is 59.5 Å². The van der Waals surface area contributed by atoms with E-state index < -0.39 is 0 Å². The Hall–Kier alpha value is -2.80. The molecule has 0 aliphatic carbocycles. The van der Waals surface area contributed by atoms with Crippen LogP contribution in [0.4, 0.5) is 11.5 Å². The van der Waals surface area contributed by atoms with Gasteiger partial charge in [0.25, 0.3) is 5.91 Å². The lowest BCUT2D eigenvalue weighted by atomic mass is 10.2. The van der Waals surface area contributed by atoms with E-state index >= 15 is 0 Å². The third-order valence-electron chi connectivity index (χ3n) is 3.47. The van der Waals surface area contributed by atoms with Crippen LogP contribution in [0, 0.1) is 6.92 Å². The minimum absolute atomic E-state index is 0.258. The highest BCUT2D eigenvalue weighted by Gasteiger charge is 2.08. The van der Waals surface area contributed by atoms with Crippen LogP contribution in [0.2, 0.25) is 0 Å². The number of carbonyl (C=O) groups excluding carboxylic acids is 1. The molecule has 0 aliphatic rings. The first-order valence-corrected chi connectivity index (χ1v) is 8.44. The zero-order chi connectivity index (χ0) is 17.6. The van der Waals surface area contributed by atoms with Gasteiger partial charge in [0.15, 0.2) is 0 Å². The van der Waals surface area contributed by atoms with Crippen LogP contribution in [-0.2, 0) is 6.54 Å². The lowest BCUT2D eigenvalue weighted by Gasteiger charge is -2.08. The second-order valence-corrected chi connectivity index (χ2v) is 6.23. The highest BCUT2D eigenvalue weighted by atomic mass is 79.9. The molecule has 7 heteroatoms. The van der Waals surface area contributed by atoms with Gasteiger partial charge < -0.3 is 10.6 Å². The van der Waals surface area contributed by atoms with Crippen molar-refractivity contribution < 1.29 is 4.79 Å². The molecule has 0 bridgehead atoms. The predicted molar refractivity (Wildman–Crippen MR) is 99.6 cm³/mol. The van der Waals surface area contributed by atoms with Crippen molar-refractivity contribution >= 4 is 33.3 Å². The number of nitrogens with one attached hydrogen (secondary N) is 2. The molecule has 25 heavy (non-hydrogen) atoms. The summed E-state index contributed by atoms with van der Waals surface area (Å²) in [6, 6.07) is 11.4. The fraction of sp³-hybridized carbons (Fsp3) is 0.111. The van der Waals surface area contributed by atoms with E-state index in [0.29, 0.717) is 12.4 Å². The van der Waals surface area contributed by atoms with Crippen molar-refractivity contribution in [1.82, 2.24) is 20.3 Å². The van der Waals surface area contributed by atoms with Crippen molar-refractivity contribution in [3.8, 4) is 0 Å². The van der Waals surface area contributed by atoms with Crippen LogP contribution in [0.25, 0.3) is 0 Å². The van der Waals surface area contributed by atoms with E-state index in [0.717, 1.165) is 21.4 Å². The van der Waals surface area contributed by atoms with Crippen LogP contribution < -0.4 is 10.6 Å². The van der Waals surface area contributed by atoms with Crippen molar-refractivity contribution in [1.29, 1.82) is 0 Å². The fourth-order valence-corrected chi connectivity index (χ4v) is 2.39. The van der Waals surface area contributed by atoms with Crippen LogP contribution in [0.1, 0.15) is 21.7 Å². The Kier molecular flexibility index (Phi) is 5.35. The number of rotatable bonds is 5. The van der Waals surface area contributed by atoms with Gasteiger partial charge >= 0.3 is 0 Å². The van der Waals surface area contributed by atoms with Gasteiger partial charge in [-0.1, -0.05) is 22.0 Å². The summed E-state index contributed by atoms with van der Waals surface area (Å²) >= 11 is 3.47. The third-order valence-corrected chi connectivity index (χ3v) is 4.36. The molecule has 3 rings (SSSR count). The molecule has 2 N–H and O–H groups in total. The van der Waals surface area contributed by atoms with Gasteiger partial charge in [0.2, 0.25) is 0 Å². The minimum Gasteiger partial charge on any atom is -0.345 e. The van der Waals surface area contributed by atoms with E-state index in [1.165, 1.54) is 12.4 Å². The topological polar surface area (TPSA) is 79.8 Å². The Morgan fingerprint density at radius 2 is 2.00 bits per heavy atom. The van der Waals surface area contributed by atoms with Crippen molar-refractivity contribution in [3.63, 3.8) is 0 Å². The molecular formula is C18H16BrN5O. The van der Waals surface area contributed by atoms with Gasteiger partial charge in [-0.3, -0.25) is 9.78 Å². The summed E-state index contributed by atoms with van der Waals surface area (Å²) in [5, 5.41) is 5.93. The van der Waals surface area contributed by atoms with E-state index in [-0.39, 0.29) is 11.6 Å². The molecule has 1 aromatic carbocycles. The van der Waals surface area contributed by atoms with Crippen molar-refractivity contribution in [3.05, 3.63) is 76.4 Å². The van der Waals surface area contributed by atoms with Crippen LogP contribution in [0.5, 0.6) is 0 Å². The first-order chi connectivity index (χ1) is 12.1. The molecule has 6 nitrogen and oxygen atoms in total. The molecule has 126 valence electrons. The largest absolute Gasteiger partial charge is 0.345 e. The number of hydrogen-bond donors (Lipinski definition) is 2. The van der Waals surface area contributed by atoms with Gasteiger partial charge in [-0.25, -0.2) is 9.97 Å². The molecule has 0 fully saturated rings. The number of benzene rings is 1. The SMILES string of the molecule is Cc1cc(Nc2cnc(C(=O)NCc3ccccn3)cn2)ccc1Br. The fourth-order valence-electron chi connectivity index (χ4n) is 2.14. The molecule has 2 aromatic heterocycles. The van der Waals surface area contributed by atoms with Gasteiger partial charge in [0.1, 0.15) is 11.5 Å². The summed E-state index contributed by atoms with van der Waals surface area (Å²) in [5.74, 6) is 0.284. The molecule has 1 amide bonds. The maximum atomic E-state index is 12.1. The predicted octanol–water partition coefficient (Wildman–Crippen LogP) is 3.62. The number of aromatic nitrogens is 3. The number of carbonyl (C=O) groups is 1. The minimum atomic E-state index is -0.288. The van der Waals surface area contributed by atoms with Gasteiger partial charge in [-0.05, 0) is 42.8 Å². The maximum Gasteiger partial charge on any atom is 0.271 e. The molecule has 3 aromatic rings. The van der Waals surface area contributed by atoms with Crippen LogP contribution >= 0.6 is 15.9 Å². The van der Waals surface area contributed by atoms with E-state index in [1.54, 1.807) is 6.20 Å². The second kappa shape index (κ2) is 7.85. The zero-order valence-corrected chi connectivity index (χ0v) is 15.1. The smallest absolute Gasteiger partial charge is 0.271 e. The Morgan fingerprint density at radius 1 is 1.12 bits per heavy atom. The first-order valence-electron chi connectivity index (χ1n) is 7.65. The van der Waals surface area contributed by atoms with Crippen molar-refractivity contribution in [2.45, 2.75) is 13.5 Å². The Morgan fingerprint density at radius 3 is 2.68 bits per heavy atom. The number of anilines is 2. The summed E-state index contributed by atoms with van der Waals surface area (Å²) in [4.78, 5) is 24.7. The van der Waals surface area contributed by atoms with Crippen molar-refractivity contribution in [2.24, 2.45) is 0 Å². The van der Waals surface area contributed by atoms with E-state index in [2.05, 4.69) is 41.5 Å². The van der Waals surface area contributed by atoms with E-state index in [4.69, 9.17) is 0 Å². The molecule has 0 spiro atoms.